The Morgan fingerprint density at radius 1 is 1.13 bits per heavy atom. The van der Waals surface area contributed by atoms with Crippen molar-refractivity contribution in [1.82, 2.24) is 0 Å². The molecule has 162 valence electrons. The predicted octanol–water partition coefficient (Wildman–Crippen LogP) is 5.06. The van der Waals surface area contributed by atoms with E-state index in [1.54, 1.807) is 7.11 Å². The number of rotatable bonds is 2. The molecule has 7 atom stereocenters. The van der Waals surface area contributed by atoms with E-state index in [1.807, 2.05) is 31.2 Å². The third kappa shape index (κ3) is 3.03. The van der Waals surface area contributed by atoms with E-state index in [-0.39, 0.29) is 5.41 Å². The van der Waals surface area contributed by atoms with Crippen LogP contribution in [0.2, 0.25) is 0 Å². The molecule has 1 aromatic rings. The number of hydrogen-bond acceptors (Lipinski definition) is 3. The molecule has 0 saturated heterocycles. The molecule has 4 aliphatic carbocycles. The molecule has 1 aromatic carbocycles. The van der Waals surface area contributed by atoms with Gasteiger partial charge < -0.3 is 9.84 Å². The lowest BCUT2D eigenvalue weighted by molar-refractivity contribution is -0.116. The molecular weight excluding hydrogens is 384 g/mol. The zero-order chi connectivity index (χ0) is 21.8. The van der Waals surface area contributed by atoms with Crippen LogP contribution in [0.15, 0.2) is 48.1 Å². The van der Waals surface area contributed by atoms with Crippen molar-refractivity contribution < 1.29 is 14.6 Å². The SMILES string of the molecule is CC#C[C@]1(O)C=C[C@H]2[C@@H]3CCC4=CC(=O)CC[C@@H]4[C@H]3[C@@H](c3ccc(OC)cc3)C[C@@]21C. The number of ether oxygens (including phenoxy) is 1. The molecule has 0 heterocycles. The van der Waals surface area contributed by atoms with Gasteiger partial charge >= 0.3 is 0 Å². The molecule has 0 amide bonds. The van der Waals surface area contributed by atoms with Crippen molar-refractivity contribution in [2.75, 3.05) is 7.11 Å². The molecular formula is C28H32O3. The summed E-state index contributed by atoms with van der Waals surface area (Å²) in [6, 6.07) is 8.49. The normalized spacial score (nSPS) is 40.7. The third-order valence-electron chi connectivity index (χ3n) is 8.83. The topological polar surface area (TPSA) is 46.5 Å². The van der Waals surface area contributed by atoms with Crippen LogP contribution in [-0.4, -0.2) is 23.6 Å². The van der Waals surface area contributed by atoms with Gasteiger partial charge in [0, 0.05) is 11.8 Å². The van der Waals surface area contributed by atoms with E-state index in [2.05, 4.69) is 37.0 Å². The monoisotopic (exact) mass is 416 g/mol. The van der Waals surface area contributed by atoms with Gasteiger partial charge in [-0.3, -0.25) is 4.79 Å². The number of ketones is 1. The summed E-state index contributed by atoms with van der Waals surface area (Å²) in [5, 5.41) is 11.6. The van der Waals surface area contributed by atoms with Gasteiger partial charge in [0.1, 0.15) is 11.4 Å². The van der Waals surface area contributed by atoms with Gasteiger partial charge in [0.2, 0.25) is 0 Å². The summed E-state index contributed by atoms with van der Waals surface area (Å²) in [4.78, 5) is 12.1. The maximum atomic E-state index is 12.1. The number of benzene rings is 1. The van der Waals surface area contributed by atoms with Crippen molar-refractivity contribution in [2.24, 2.45) is 29.1 Å². The largest absolute Gasteiger partial charge is 0.497 e. The van der Waals surface area contributed by atoms with E-state index in [0.29, 0.717) is 41.8 Å². The summed E-state index contributed by atoms with van der Waals surface area (Å²) in [7, 11) is 1.70. The summed E-state index contributed by atoms with van der Waals surface area (Å²) < 4.78 is 5.40. The van der Waals surface area contributed by atoms with Gasteiger partial charge in [-0.05, 0) is 92.0 Å². The maximum Gasteiger partial charge on any atom is 0.155 e. The second-order valence-electron chi connectivity index (χ2n) is 10.1. The summed E-state index contributed by atoms with van der Waals surface area (Å²) in [6.45, 7) is 4.05. The van der Waals surface area contributed by atoms with Crippen LogP contribution in [0.4, 0.5) is 0 Å². The Balaban J connectivity index is 1.61. The van der Waals surface area contributed by atoms with E-state index < -0.39 is 5.60 Å². The van der Waals surface area contributed by atoms with Crippen molar-refractivity contribution in [3.8, 4) is 17.6 Å². The van der Waals surface area contributed by atoms with Crippen LogP contribution in [0, 0.1) is 40.9 Å². The first-order valence-corrected chi connectivity index (χ1v) is 11.6. The molecule has 3 nitrogen and oxygen atoms in total. The van der Waals surface area contributed by atoms with Gasteiger partial charge in [0.15, 0.2) is 5.78 Å². The summed E-state index contributed by atoms with van der Waals surface area (Å²) in [5.74, 6) is 9.38. The van der Waals surface area contributed by atoms with Crippen LogP contribution in [0.5, 0.6) is 5.75 Å². The van der Waals surface area contributed by atoms with Crippen molar-refractivity contribution in [3.63, 3.8) is 0 Å². The Kier molecular flexibility index (Phi) is 4.90. The number of hydrogen-bond donors (Lipinski definition) is 1. The lowest BCUT2D eigenvalue weighted by atomic mass is 9.46. The highest BCUT2D eigenvalue weighted by Crippen LogP contribution is 2.66. The number of carbonyl (C=O) groups excluding carboxylic acids is 1. The second kappa shape index (κ2) is 7.38. The van der Waals surface area contributed by atoms with Crippen LogP contribution in [0.3, 0.4) is 0 Å². The average molecular weight is 417 g/mol. The fourth-order valence-corrected chi connectivity index (χ4v) is 7.35. The molecule has 0 spiro atoms. The number of allylic oxidation sites excluding steroid dienone is 3. The minimum atomic E-state index is -1.08. The first kappa shape index (κ1) is 20.6. The number of carbonyl (C=O) groups is 1. The van der Waals surface area contributed by atoms with E-state index in [0.717, 1.165) is 31.4 Å². The molecule has 31 heavy (non-hydrogen) atoms. The van der Waals surface area contributed by atoms with Crippen LogP contribution in [-0.2, 0) is 4.79 Å². The molecule has 0 aliphatic heterocycles. The van der Waals surface area contributed by atoms with Gasteiger partial charge in [0.25, 0.3) is 0 Å². The first-order chi connectivity index (χ1) is 14.9. The minimum absolute atomic E-state index is 0.291. The first-order valence-electron chi connectivity index (χ1n) is 11.6. The molecule has 4 aliphatic rings. The molecule has 3 heteroatoms. The van der Waals surface area contributed by atoms with E-state index in [9.17, 15) is 9.90 Å². The van der Waals surface area contributed by atoms with Crippen molar-refractivity contribution >= 4 is 5.78 Å². The fraction of sp³-hybridized carbons (Fsp3) is 0.536. The molecule has 2 saturated carbocycles. The Hall–Kier alpha value is -2.31. The number of aliphatic hydroxyl groups is 1. The van der Waals surface area contributed by atoms with Crippen molar-refractivity contribution in [1.29, 1.82) is 0 Å². The fourth-order valence-electron chi connectivity index (χ4n) is 7.35. The van der Waals surface area contributed by atoms with Crippen LogP contribution >= 0.6 is 0 Å². The second-order valence-corrected chi connectivity index (χ2v) is 10.1. The predicted molar refractivity (Wildman–Crippen MR) is 122 cm³/mol. The minimum Gasteiger partial charge on any atom is -0.497 e. The molecule has 2 fully saturated rings. The Labute approximate surface area is 185 Å². The standard InChI is InChI=1S/C28H32O3/c1-4-14-28(30)15-13-25-23-11-7-19-16-20(29)8-12-22(19)26(23)24(17-27(25,28)2)18-5-9-21(31-3)10-6-18/h5-6,9-10,13,15-16,22-26,30H,7-8,11-12,17H2,1-3H3/t22-,23-,24+,25-,26+,27-,28-/m0/s1. The summed E-state index contributed by atoms with van der Waals surface area (Å²) >= 11 is 0. The Morgan fingerprint density at radius 3 is 2.61 bits per heavy atom. The third-order valence-corrected chi connectivity index (χ3v) is 8.83. The number of methoxy groups -OCH3 is 1. The Bertz CT molecular complexity index is 1010. The summed E-state index contributed by atoms with van der Waals surface area (Å²) in [5.41, 5.74) is 1.28. The lowest BCUT2D eigenvalue weighted by Gasteiger charge is -2.58. The van der Waals surface area contributed by atoms with Crippen LogP contribution in [0.1, 0.15) is 57.4 Å². The maximum absolute atomic E-state index is 12.1. The highest BCUT2D eigenvalue weighted by Gasteiger charge is 2.62. The molecule has 0 radical (unpaired) electrons. The van der Waals surface area contributed by atoms with Crippen LogP contribution in [0.25, 0.3) is 0 Å². The van der Waals surface area contributed by atoms with Crippen molar-refractivity contribution in [3.05, 3.63) is 53.6 Å². The van der Waals surface area contributed by atoms with Gasteiger partial charge in [-0.2, -0.15) is 0 Å². The zero-order valence-corrected chi connectivity index (χ0v) is 18.7. The van der Waals surface area contributed by atoms with E-state index in [4.69, 9.17) is 4.74 Å². The lowest BCUT2D eigenvalue weighted by Crippen LogP contribution is -2.55. The molecule has 0 bridgehead atoms. The Morgan fingerprint density at radius 2 is 1.90 bits per heavy atom. The zero-order valence-electron chi connectivity index (χ0n) is 18.7. The van der Waals surface area contributed by atoms with Crippen molar-refractivity contribution in [2.45, 2.75) is 57.5 Å². The summed E-state index contributed by atoms with van der Waals surface area (Å²) in [6.07, 6.45) is 10.8. The van der Waals surface area contributed by atoms with Gasteiger partial charge in [0.05, 0.1) is 7.11 Å². The van der Waals surface area contributed by atoms with Crippen LogP contribution < -0.4 is 4.74 Å². The number of fused-ring (bicyclic) bond motifs is 5. The van der Waals surface area contributed by atoms with E-state index in [1.165, 1.54) is 11.1 Å². The smallest absolute Gasteiger partial charge is 0.155 e. The quantitative estimate of drug-likeness (QED) is 0.541. The highest BCUT2D eigenvalue weighted by molar-refractivity contribution is 5.91. The highest BCUT2D eigenvalue weighted by atomic mass is 16.5. The molecule has 0 aromatic heterocycles. The average Bonchev–Trinajstić information content (AvgIpc) is 3.03. The molecule has 1 N–H and O–H groups in total. The van der Waals surface area contributed by atoms with E-state index >= 15 is 0 Å². The van der Waals surface area contributed by atoms with Gasteiger partial charge in [-0.1, -0.05) is 36.6 Å². The van der Waals surface area contributed by atoms with Gasteiger partial charge in [-0.15, -0.1) is 5.92 Å². The van der Waals surface area contributed by atoms with Gasteiger partial charge in [-0.25, -0.2) is 0 Å². The molecule has 0 unspecified atom stereocenters. The molecule has 5 rings (SSSR count).